The highest BCUT2D eigenvalue weighted by molar-refractivity contribution is 5.90. The maximum absolute atomic E-state index is 12.1. The molecule has 20 heavy (non-hydrogen) atoms. The number of aryl methyl sites for hydroxylation is 1. The Kier molecular flexibility index (Phi) is 5.66. The zero-order chi connectivity index (χ0) is 15.3. The first-order valence-corrected chi connectivity index (χ1v) is 6.35. The van der Waals surface area contributed by atoms with E-state index in [1.165, 1.54) is 12.4 Å². The first-order chi connectivity index (χ1) is 9.36. The van der Waals surface area contributed by atoms with Gasteiger partial charge in [-0.25, -0.2) is 5.48 Å². The van der Waals surface area contributed by atoms with Gasteiger partial charge in [0, 0.05) is 0 Å². The molecule has 6 heteroatoms. The first kappa shape index (κ1) is 16.1. The van der Waals surface area contributed by atoms with Gasteiger partial charge < -0.3 is 10.4 Å². The number of rotatable bonds is 5. The molecule has 0 saturated heterocycles. The Morgan fingerprint density at radius 3 is 2.10 bits per heavy atom. The van der Waals surface area contributed by atoms with Gasteiger partial charge >= 0.3 is 0 Å². The second-order valence-corrected chi connectivity index (χ2v) is 4.84. The van der Waals surface area contributed by atoms with E-state index in [2.05, 4.69) is 5.32 Å². The summed E-state index contributed by atoms with van der Waals surface area (Å²) in [5.74, 6) is -1.73. The van der Waals surface area contributed by atoms with Crippen LogP contribution >= 0.6 is 0 Å². The van der Waals surface area contributed by atoms with Gasteiger partial charge in [0.05, 0.1) is 12.0 Å². The summed E-state index contributed by atoms with van der Waals surface area (Å²) in [4.78, 5) is 23.4. The molecule has 0 aliphatic heterocycles. The number of benzene rings is 1. The van der Waals surface area contributed by atoms with Gasteiger partial charge in [0.15, 0.2) is 0 Å². The van der Waals surface area contributed by atoms with E-state index in [0.29, 0.717) is 0 Å². The molecule has 0 spiro atoms. The van der Waals surface area contributed by atoms with Crippen molar-refractivity contribution in [3.63, 3.8) is 0 Å². The molecule has 4 N–H and O–H groups in total. The monoisotopic (exact) mass is 280 g/mol. The van der Waals surface area contributed by atoms with E-state index in [1.54, 1.807) is 6.92 Å². The van der Waals surface area contributed by atoms with Crippen molar-refractivity contribution < 1.29 is 19.9 Å². The minimum Gasteiger partial charge on any atom is -0.391 e. The summed E-state index contributed by atoms with van der Waals surface area (Å²) in [6.45, 7) is 5.01. The van der Waals surface area contributed by atoms with Crippen molar-refractivity contribution in [1.82, 2.24) is 10.8 Å². The Labute approximate surface area is 117 Å². The number of amides is 2. The van der Waals surface area contributed by atoms with Gasteiger partial charge in [0.25, 0.3) is 5.91 Å². The molecule has 0 aliphatic carbocycles. The fourth-order valence-corrected chi connectivity index (χ4v) is 1.76. The van der Waals surface area contributed by atoms with E-state index < -0.39 is 29.9 Å². The van der Waals surface area contributed by atoms with Crippen LogP contribution in [0.25, 0.3) is 0 Å². The summed E-state index contributed by atoms with van der Waals surface area (Å²) in [6, 6.07) is 6.27. The Morgan fingerprint density at radius 2 is 1.65 bits per heavy atom. The molecule has 0 aliphatic rings. The van der Waals surface area contributed by atoms with Gasteiger partial charge in [0.1, 0.15) is 6.04 Å². The van der Waals surface area contributed by atoms with Crippen LogP contribution in [0.5, 0.6) is 0 Å². The van der Waals surface area contributed by atoms with Crippen LogP contribution in [0, 0.1) is 6.92 Å². The molecule has 0 saturated carbocycles. The number of carbonyl (C=O) groups is 2. The van der Waals surface area contributed by atoms with Gasteiger partial charge in [-0.3, -0.25) is 14.8 Å². The summed E-state index contributed by atoms with van der Waals surface area (Å²) >= 11 is 0. The molecule has 2 amide bonds. The smallest absolute Gasteiger partial charge is 0.268 e. The fraction of sp³-hybridized carbons (Fsp3) is 0.429. The minimum atomic E-state index is -1.19. The molecule has 3 atom stereocenters. The molecule has 1 aromatic carbocycles. The molecule has 0 fully saturated rings. The van der Waals surface area contributed by atoms with E-state index in [9.17, 15) is 14.7 Å². The van der Waals surface area contributed by atoms with E-state index in [-0.39, 0.29) is 0 Å². The topological polar surface area (TPSA) is 98.7 Å². The van der Waals surface area contributed by atoms with Crippen LogP contribution in [0.4, 0.5) is 0 Å². The molecule has 6 nitrogen and oxygen atoms in total. The second kappa shape index (κ2) is 7.02. The maximum Gasteiger partial charge on any atom is 0.268 e. The van der Waals surface area contributed by atoms with Crippen molar-refractivity contribution in [1.29, 1.82) is 0 Å². The van der Waals surface area contributed by atoms with Gasteiger partial charge in [-0.15, -0.1) is 0 Å². The van der Waals surface area contributed by atoms with Crippen LogP contribution in [-0.4, -0.2) is 34.3 Å². The molecule has 110 valence electrons. The normalized spacial score (nSPS) is 15.1. The third-order valence-electron chi connectivity index (χ3n) is 3.14. The number of nitrogens with one attached hydrogen (secondary N) is 2. The van der Waals surface area contributed by atoms with Crippen molar-refractivity contribution in [3.05, 3.63) is 35.4 Å². The van der Waals surface area contributed by atoms with Crippen molar-refractivity contribution in [2.45, 2.75) is 38.8 Å². The zero-order valence-corrected chi connectivity index (χ0v) is 11.8. The van der Waals surface area contributed by atoms with E-state index in [0.717, 1.165) is 11.1 Å². The SMILES string of the molecule is Cc1ccc(C(C)C(=O)N[C@H](C(=O)NO)[C@@H](C)O)cc1. The third kappa shape index (κ3) is 4.04. The van der Waals surface area contributed by atoms with Crippen molar-refractivity contribution in [2.24, 2.45) is 0 Å². The quantitative estimate of drug-likeness (QED) is 0.465. The minimum absolute atomic E-state index is 0.400. The highest BCUT2D eigenvalue weighted by Crippen LogP contribution is 2.16. The first-order valence-electron chi connectivity index (χ1n) is 6.35. The zero-order valence-electron chi connectivity index (χ0n) is 11.8. The average Bonchev–Trinajstić information content (AvgIpc) is 2.43. The van der Waals surface area contributed by atoms with E-state index in [1.807, 2.05) is 31.2 Å². The lowest BCUT2D eigenvalue weighted by Crippen LogP contribution is -2.52. The molecular formula is C14H20N2O4. The van der Waals surface area contributed by atoms with Crippen LogP contribution < -0.4 is 10.8 Å². The lowest BCUT2D eigenvalue weighted by Gasteiger charge is -2.21. The lowest BCUT2D eigenvalue weighted by atomic mass is 9.98. The van der Waals surface area contributed by atoms with Gasteiger partial charge in [-0.1, -0.05) is 29.8 Å². The standard InChI is InChI=1S/C14H20N2O4/c1-8-4-6-11(7-5-8)9(2)13(18)15-12(10(3)17)14(19)16-20/h4-7,9-10,12,17,20H,1-3H3,(H,15,18)(H,16,19)/t9?,10-,12+/m1/s1. The molecular weight excluding hydrogens is 260 g/mol. The molecule has 1 aromatic rings. The number of hydroxylamine groups is 1. The Morgan fingerprint density at radius 1 is 1.10 bits per heavy atom. The molecule has 1 unspecified atom stereocenters. The number of hydrogen-bond acceptors (Lipinski definition) is 4. The summed E-state index contributed by atoms with van der Waals surface area (Å²) in [5.41, 5.74) is 3.32. The van der Waals surface area contributed by atoms with Crippen LogP contribution in [-0.2, 0) is 9.59 Å². The number of aliphatic hydroxyl groups excluding tert-OH is 1. The summed E-state index contributed by atoms with van der Waals surface area (Å²) < 4.78 is 0. The number of carbonyl (C=O) groups excluding carboxylic acids is 2. The Hall–Kier alpha value is -1.92. The molecule has 0 heterocycles. The molecule has 1 rings (SSSR count). The summed E-state index contributed by atoms with van der Waals surface area (Å²) in [7, 11) is 0. The molecule has 0 aromatic heterocycles. The summed E-state index contributed by atoms with van der Waals surface area (Å²) in [5, 5.41) is 20.5. The van der Waals surface area contributed by atoms with Gasteiger partial charge in [-0.2, -0.15) is 0 Å². The van der Waals surface area contributed by atoms with E-state index in [4.69, 9.17) is 5.21 Å². The Bertz CT molecular complexity index is 471. The highest BCUT2D eigenvalue weighted by Gasteiger charge is 2.27. The van der Waals surface area contributed by atoms with Gasteiger partial charge in [0.2, 0.25) is 5.91 Å². The van der Waals surface area contributed by atoms with Crippen molar-refractivity contribution in [3.8, 4) is 0 Å². The predicted molar refractivity (Wildman–Crippen MR) is 73.1 cm³/mol. The van der Waals surface area contributed by atoms with Crippen molar-refractivity contribution >= 4 is 11.8 Å². The highest BCUT2D eigenvalue weighted by atomic mass is 16.5. The summed E-state index contributed by atoms with van der Waals surface area (Å²) in [6.07, 6.45) is -1.11. The third-order valence-corrected chi connectivity index (χ3v) is 3.14. The van der Waals surface area contributed by atoms with Crippen molar-refractivity contribution in [2.75, 3.05) is 0 Å². The second-order valence-electron chi connectivity index (χ2n) is 4.84. The van der Waals surface area contributed by atoms with Crippen LogP contribution in [0.3, 0.4) is 0 Å². The van der Waals surface area contributed by atoms with Crippen LogP contribution in [0.15, 0.2) is 24.3 Å². The predicted octanol–water partition coefficient (Wildman–Crippen LogP) is 0.470. The number of hydrogen-bond donors (Lipinski definition) is 4. The van der Waals surface area contributed by atoms with Crippen LogP contribution in [0.2, 0.25) is 0 Å². The lowest BCUT2D eigenvalue weighted by molar-refractivity contribution is -0.137. The van der Waals surface area contributed by atoms with Gasteiger partial charge in [-0.05, 0) is 26.3 Å². The van der Waals surface area contributed by atoms with Crippen LogP contribution in [0.1, 0.15) is 30.9 Å². The Balaban J connectivity index is 2.78. The molecule has 0 bridgehead atoms. The largest absolute Gasteiger partial charge is 0.391 e. The number of aliphatic hydroxyl groups is 1. The fourth-order valence-electron chi connectivity index (χ4n) is 1.76. The maximum atomic E-state index is 12.1. The van der Waals surface area contributed by atoms with E-state index >= 15 is 0 Å². The average molecular weight is 280 g/mol. The molecule has 0 radical (unpaired) electrons.